The maximum atomic E-state index is 2.49. The van der Waals surface area contributed by atoms with E-state index < -0.39 is 5.41 Å². The summed E-state index contributed by atoms with van der Waals surface area (Å²) in [5, 5.41) is 4.92. The van der Waals surface area contributed by atoms with Gasteiger partial charge in [0.1, 0.15) is 0 Å². The molecule has 12 aromatic rings. The minimum absolute atomic E-state index is 0.438. The number of hydrogen-bond donors (Lipinski definition) is 0. The molecule has 0 bridgehead atoms. The summed E-state index contributed by atoms with van der Waals surface area (Å²) in [5.41, 5.74) is 21.9. The average molecular weight is 851 g/mol. The molecule has 2 nitrogen and oxygen atoms in total. The SMILES string of the molecule is c1ccc(-n2c3ccccc3c3cc(-c4ccccc4-c4ccc(N(c5ccc6c(c5)C5(c7ccccc7-c7ccccc75)c5ccccc5-6)c5cccc6ccccc56)cc4)ccc32)cc1. The lowest BCUT2D eigenvalue weighted by atomic mass is 9.70. The second kappa shape index (κ2) is 14.7. The van der Waals surface area contributed by atoms with E-state index in [0.717, 1.165) is 22.7 Å². The van der Waals surface area contributed by atoms with E-state index in [1.165, 1.54) is 99.3 Å². The summed E-state index contributed by atoms with van der Waals surface area (Å²) >= 11 is 0. The summed E-state index contributed by atoms with van der Waals surface area (Å²) in [5.74, 6) is 0. The molecule has 11 aromatic carbocycles. The summed E-state index contributed by atoms with van der Waals surface area (Å²) < 4.78 is 2.38. The summed E-state index contributed by atoms with van der Waals surface area (Å²) in [4.78, 5) is 2.47. The first-order valence-corrected chi connectivity index (χ1v) is 23.3. The quantitative estimate of drug-likeness (QED) is 0.162. The van der Waals surface area contributed by atoms with Gasteiger partial charge in [-0.2, -0.15) is 0 Å². The van der Waals surface area contributed by atoms with Crippen molar-refractivity contribution in [3.63, 3.8) is 0 Å². The van der Waals surface area contributed by atoms with Gasteiger partial charge in [-0.15, -0.1) is 0 Å². The van der Waals surface area contributed by atoms with Gasteiger partial charge < -0.3 is 9.47 Å². The third-order valence-electron chi connectivity index (χ3n) is 14.6. The highest BCUT2D eigenvalue weighted by atomic mass is 15.1. The highest BCUT2D eigenvalue weighted by molar-refractivity contribution is 6.11. The lowest BCUT2D eigenvalue weighted by Crippen LogP contribution is -2.26. The number of aromatic nitrogens is 1. The van der Waals surface area contributed by atoms with Crippen molar-refractivity contribution in [1.82, 2.24) is 4.57 Å². The predicted octanol–water partition coefficient (Wildman–Crippen LogP) is 17.1. The number of nitrogens with zero attached hydrogens (tertiary/aromatic N) is 2. The normalized spacial score (nSPS) is 12.9. The lowest BCUT2D eigenvalue weighted by molar-refractivity contribution is 0.793. The van der Waals surface area contributed by atoms with Crippen molar-refractivity contribution in [1.29, 1.82) is 0 Å². The topological polar surface area (TPSA) is 8.17 Å². The predicted molar refractivity (Wildman–Crippen MR) is 280 cm³/mol. The van der Waals surface area contributed by atoms with Crippen LogP contribution in [0.3, 0.4) is 0 Å². The fourth-order valence-electron chi connectivity index (χ4n) is 11.8. The van der Waals surface area contributed by atoms with Crippen LogP contribution in [0.5, 0.6) is 0 Å². The van der Waals surface area contributed by atoms with Crippen LogP contribution in [-0.4, -0.2) is 4.57 Å². The van der Waals surface area contributed by atoms with E-state index in [4.69, 9.17) is 0 Å². The Kier molecular flexibility index (Phi) is 8.23. The zero-order valence-corrected chi connectivity index (χ0v) is 36.6. The zero-order valence-electron chi connectivity index (χ0n) is 36.6. The Morgan fingerprint density at radius 2 is 0.806 bits per heavy atom. The monoisotopic (exact) mass is 850 g/mol. The van der Waals surface area contributed by atoms with Crippen LogP contribution >= 0.6 is 0 Å². The van der Waals surface area contributed by atoms with Crippen LogP contribution in [0, 0.1) is 0 Å². The van der Waals surface area contributed by atoms with Crippen LogP contribution in [0.1, 0.15) is 22.3 Å². The second-order valence-corrected chi connectivity index (χ2v) is 18.0. The molecule has 2 aliphatic rings. The minimum Gasteiger partial charge on any atom is -0.310 e. The molecule has 2 aliphatic carbocycles. The fraction of sp³-hybridized carbons (Fsp3) is 0.0154. The Labute approximate surface area is 389 Å². The Morgan fingerprint density at radius 1 is 0.299 bits per heavy atom. The van der Waals surface area contributed by atoms with E-state index in [9.17, 15) is 0 Å². The van der Waals surface area contributed by atoms with Gasteiger partial charge in [0.2, 0.25) is 0 Å². The van der Waals surface area contributed by atoms with Crippen LogP contribution in [0.4, 0.5) is 17.1 Å². The Bertz CT molecular complexity index is 3860. The molecular weight excluding hydrogens is 809 g/mol. The second-order valence-electron chi connectivity index (χ2n) is 18.0. The molecule has 0 radical (unpaired) electrons. The van der Waals surface area contributed by atoms with Crippen molar-refractivity contribution in [3.8, 4) is 50.2 Å². The van der Waals surface area contributed by atoms with Crippen LogP contribution in [0.25, 0.3) is 82.8 Å². The highest BCUT2D eigenvalue weighted by Crippen LogP contribution is 2.63. The molecule has 0 aliphatic heterocycles. The van der Waals surface area contributed by atoms with E-state index in [-0.39, 0.29) is 0 Å². The molecule has 0 amide bonds. The largest absolute Gasteiger partial charge is 0.310 e. The maximum absolute atomic E-state index is 2.49. The van der Waals surface area contributed by atoms with Gasteiger partial charge >= 0.3 is 0 Å². The summed E-state index contributed by atoms with van der Waals surface area (Å²) in [7, 11) is 0. The van der Waals surface area contributed by atoms with Crippen LogP contribution < -0.4 is 4.90 Å². The fourth-order valence-corrected chi connectivity index (χ4v) is 11.8. The molecule has 1 aromatic heterocycles. The van der Waals surface area contributed by atoms with Gasteiger partial charge in [0.05, 0.1) is 22.1 Å². The summed E-state index contributed by atoms with van der Waals surface area (Å²) in [6.45, 7) is 0. The number of anilines is 3. The minimum atomic E-state index is -0.438. The van der Waals surface area contributed by atoms with E-state index in [1.807, 2.05) is 0 Å². The molecule has 2 heteroatoms. The Balaban J connectivity index is 0.926. The first-order chi connectivity index (χ1) is 33.3. The van der Waals surface area contributed by atoms with Gasteiger partial charge in [-0.3, -0.25) is 0 Å². The van der Waals surface area contributed by atoms with E-state index in [2.05, 4.69) is 264 Å². The van der Waals surface area contributed by atoms with Gasteiger partial charge in [-0.25, -0.2) is 0 Å². The molecule has 0 N–H and O–H groups in total. The van der Waals surface area contributed by atoms with Crippen LogP contribution in [0.15, 0.2) is 255 Å². The third kappa shape index (κ3) is 5.45. The molecule has 1 heterocycles. The number of hydrogen-bond acceptors (Lipinski definition) is 1. The molecule has 0 saturated heterocycles. The van der Waals surface area contributed by atoms with Gasteiger partial charge in [0.15, 0.2) is 0 Å². The first-order valence-electron chi connectivity index (χ1n) is 23.3. The Hall–Kier alpha value is -8.72. The van der Waals surface area contributed by atoms with Crippen molar-refractivity contribution in [2.45, 2.75) is 5.41 Å². The molecule has 14 rings (SSSR count). The number of fused-ring (bicyclic) bond motifs is 14. The van der Waals surface area contributed by atoms with Crippen molar-refractivity contribution >= 4 is 49.6 Å². The van der Waals surface area contributed by atoms with Crippen molar-refractivity contribution in [3.05, 3.63) is 277 Å². The number of para-hydroxylation sites is 2. The van der Waals surface area contributed by atoms with Gasteiger partial charge in [-0.05, 0) is 133 Å². The first kappa shape index (κ1) is 37.6. The van der Waals surface area contributed by atoms with Gasteiger partial charge in [0.25, 0.3) is 0 Å². The molecule has 0 fully saturated rings. The molecular formula is C65H42N2. The third-order valence-corrected chi connectivity index (χ3v) is 14.6. The van der Waals surface area contributed by atoms with Crippen LogP contribution in [-0.2, 0) is 5.41 Å². The summed E-state index contributed by atoms with van der Waals surface area (Å²) in [6, 6.07) is 94.3. The number of benzene rings is 11. The zero-order chi connectivity index (χ0) is 44.1. The molecule has 67 heavy (non-hydrogen) atoms. The lowest BCUT2D eigenvalue weighted by Gasteiger charge is -2.32. The molecule has 0 atom stereocenters. The average Bonchev–Trinajstić information content (AvgIpc) is 4.01. The van der Waals surface area contributed by atoms with Crippen LogP contribution in [0.2, 0.25) is 0 Å². The number of rotatable bonds is 6. The van der Waals surface area contributed by atoms with Gasteiger partial charge in [0, 0.05) is 33.2 Å². The molecule has 0 unspecified atom stereocenters. The highest BCUT2D eigenvalue weighted by Gasteiger charge is 2.51. The molecule has 312 valence electrons. The molecule has 0 saturated carbocycles. The van der Waals surface area contributed by atoms with Gasteiger partial charge in [-0.1, -0.05) is 194 Å². The smallest absolute Gasteiger partial charge is 0.0726 e. The summed E-state index contributed by atoms with van der Waals surface area (Å²) in [6.07, 6.45) is 0. The van der Waals surface area contributed by atoms with E-state index >= 15 is 0 Å². The maximum Gasteiger partial charge on any atom is 0.0726 e. The van der Waals surface area contributed by atoms with Crippen molar-refractivity contribution in [2.75, 3.05) is 4.90 Å². The van der Waals surface area contributed by atoms with Crippen molar-refractivity contribution < 1.29 is 0 Å². The van der Waals surface area contributed by atoms with E-state index in [0.29, 0.717) is 0 Å². The Morgan fingerprint density at radius 3 is 1.51 bits per heavy atom. The molecule has 1 spiro atoms. The standard InChI is InChI=1S/C65H42N2/c1-2-19-46(20-3-1)67-63-31-15-11-27-56(63)57-41-45(35-40-64(57)67)50-22-7-6-21-49(50)44-33-36-47(37-34-44)66(62-32-16-18-43-17-4-5-23-51(43)62)48-38-39-55-54-26-10-14-30-60(54)65(61(55)42-48)58-28-12-8-24-52(58)53-25-9-13-29-59(53)65/h1-42H. The van der Waals surface area contributed by atoms with E-state index in [1.54, 1.807) is 0 Å². The van der Waals surface area contributed by atoms with Crippen molar-refractivity contribution in [2.24, 2.45) is 0 Å².